The fourth-order valence-corrected chi connectivity index (χ4v) is 3.39. The van der Waals surface area contributed by atoms with Crippen molar-refractivity contribution in [3.05, 3.63) is 36.0 Å². The van der Waals surface area contributed by atoms with Gasteiger partial charge in [0.2, 0.25) is 5.91 Å². The molecule has 1 saturated heterocycles. The minimum atomic E-state index is -0.924. The third kappa shape index (κ3) is 4.01. The van der Waals surface area contributed by atoms with Crippen molar-refractivity contribution in [1.29, 1.82) is 0 Å². The molecule has 2 aromatic heterocycles. The number of β-amino-alcohol motifs (C(OH)–C–C–N with tert-alkyl or cyclic N) is 1. The molecule has 26 heavy (non-hydrogen) atoms. The van der Waals surface area contributed by atoms with E-state index in [0.717, 1.165) is 17.1 Å². The number of amides is 1. The second kappa shape index (κ2) is 7.41. The molecule has 0 bridgehead atoms. The van der Waals surface area contributed by atoms with Gasteiger partial charge in [0.1, 0.15) is 11.4 Å². The fraction of sp³-hybridized carbons (Fsp3) is 0.556. The Hall–Kier alpha value is -2.48. The standard InChI is InChI=1S/C18H26N6O2/c1-14-15(10-21-23(14)3)4-5-17(25)22(2)12-18(26)6-9-24(13-18)16-11-19-7-8-20-16/h7-8,10-11,26H,4-6,9,12-13H2,1-3H3/t18-/m0/s1. The maximum atomic E-state index is 12.5. The van der Waals surface area contributed by atoms with Crippen LogP contribution in [-0.4, -0.2) is 67.9 Å². The van der Waals surface area contributed by atoms with Gasteiger partial charge in [-0.2, -0.15) is 5.10 Å². The smallest absolute Gasteiger partial charge is 0.222 e. The van der Waals surface area contributed by atoms with Gasteiger partial charge in [-0.15, -0.1) is 0 Å². The Morgan fingerprint density at radius 1 is 1.38 bits per heavy atom. The molecule has 0 radical (unpaired) electrons. The van der Waals surface area contributed by atoms with Crippen LogP contribution in [-0.2, 0) is 18.3 Å². The van der Waals surface area contributed by atoms with Crippen LogP contribution in [0, 0.1) is 6.92 Å². The van der Waals surface area contributed by atoms with Crippen molar-refractivity contribution < 1.29 is 9.90 Å². The molecule has 0 saturated carbocycles. The Balaban J connectivity index is 1.53. The van der Waals surface area contributed by atoms with Crippen molar-refractivity contribution in [2.24, 2.45) is 7.05 Å². The van der Waals surface area contributed by atoms with Crippen LogP contribution in [0.1, 0.15) is 24.1 Å². The number of hydrogen-bond donors (Lipinski definition) is 1. The Kier molecular flexibility index (Phi) is 5.22. The van der Waals surface area contributed by atoms with E-state index in [9.17, 15) is 9.90 Å². The molecule has 0 spiro atoms. The molecule has 1 N–H and O–H groups in total. The number of hydrogen-bond acceptors (Lipinski definition) is 6. The highest BCUT2D eigenvalue weighted by Crippen LogP contribution is 2.26. The normalized spacial score (nSPS) is 19.8. The second-order valence-corrected chi connectivity index (χ2v) is 7.09. The Morgan fingerprint density at radius 2 is 2.19 bits per heavy atom. The van der Waals surface area contributed by atoms with Crippen LogP contribution < -0.4 is 4.90 Å². The minimum absolute atomic E-state index is 0.0274. The summed E-state index contributed by atoms with van der Waals surface area (Å²) in [5.74, 6) is 0.782. The summed E-state index contributed by atoms with van der Waals surface area (Å²) in [7, 11) is 3.65. The van der Waals surface area contributed by atoms with E-state index in [0.29, 0.717) is 38.9 Å². The van der Waals surface area contributed by atoms with Gasteiger partial charge in [0.05, 0.1) is 18.9 Å². The van der Waals surface area contributed by atoms with Crippen LogP contribution >= 0.6 is 0 Å². The van der Waals surface area contributed by atoms with E-state index in [2.05, 4.69) is 15.1 Å². The molecule has 1 atom stereocenters. The average Bonchev–Trinajstić information content (AvgIpc) is 3.17. The van der Waals surface area contributed by atoms with Gasteiger partial charge in [-0.1, -0.05) is 0 Å². The van der Waals surface area contributed by atoms with Crippen molar-refractivity contribution in [3.8, 4) is 0 Å². The third-order valence-corrected chi connectivity index (χ3v) is 5.11. The van der Waals surface area contributed by atoms with E-state index in [1.165, 1.54) is 0 Å². The first kappa shape index (κ1) is 18.3. The number of rotatable bonds is 6. The van der Waals surface area contributed by atoms with Crippen molar-refractivity contribution in [2.45, 2.75) is 31.8 Å². The van der Waals surface area contributed by atoms with Crippen molar-refractivity contribution in [3.63, 3.8) is 0 Å². The van der Waals surface area contributed by atoms with E-state index in [4.69, 9.17) is 0 Å². The van der Waals surface area contributed by atoms with Crippen LogP contribution in [0.25, 0.3) is 0 Å². The second-order valence-electron chi connectivity index (χ2n) is 7.09. The summed E-state index contributed by atoms with van der Waals surface area (Å²) in [5, 5.41) is 15.1. The lowest BCUT2D eigenvalue weighted by Crippen LogP contribution is -2.46. The molecule has 140 valence electrons. The predicted molar refractivity (Wildman–Crippen MR) is 97.7 cm³/mol. The number of aromatic nitrogens is 4. The molecule has 0 aliphatic carbocycles. The number of nitrogens with zero attached hydrogens (tertiary/aromatic N) is 6. The van der Waals surface area contributed by atoms with E-state index in [-0.39, 0.29) is 5.91 Å². The third-order valence-electron chi connectivity index (χ3n) is 5.11. The van der Waals surface area contributed by atoms with Gasteiger partial charge in [0, 0.05) is 51.7 Å². The van der Waals surface area contributed by atoms with E-state index < -0.39 is 5.60 Å². The van der Waals surface area contributed by atoms with Crippen LogP contribution in [0.15, 0.2) is 24.8 Å². The van der Waals surface area contributed by atoms with Crippen LogP contribution in [0.2, 0.25) is 0 Å². The summed E-state index contributed by atoms with van der Waals surface area (Å²) in [6.07, 6.45) is 8.44. The predicted octanol–water partition coefficient (Wildman–Crippen LogP) is 0.551. The highest BCUT2D eigenvalue weighted by molar-refractivity contribution is 5.76. The van der Waals surface area contributed by atoms with Gasteiger partial charge in [0.25, 0.3) is 0 Å². The zero-order chi connectivity index (χ0) is 18.7. The quantitative estimate of drug-likeness (QED) is 0.811. The molecular formula is C18H26N6O2. The van der Waals surface area contributed by atoms with Gasteiger partial charge >= 0.3 is 0 Å². The van der Waals surface area contributed by atoms with E-state index >= 15 is 0 Å². The molecular weight excluding hydrogens is 332 g/mol. The number of anilines is 1. The SMILES string of the molecule is Cc1c(CCC(=O)N(C)C[C@@]2(O)CCN(c3cnccn3)C2)cnn1C. The highest BCUT2D eigenvalue weighted by Gasteiger charge is 2.38. The molecule has 8 nitrogen and oxygen atoms in total. The lowest BCUT2D eigenvalue weighted by atomic mass is 10.0. The first-order chi connectivity index (χ1) is 12.4. The summed E-state index contributed by atoms with van der Waals surface area (Å²) in [6.45, 7) is 3.46. The molecule has 1 fully saturated rings. The molecule has 3 heterocycles. The number of carbonyl (C=O) groups excluding carboxylic acids is 1. The Bertz CT molecular complexity index is 762. The number of aryl methyl sites for hydroxylation is 2. The lowest BCUT2D eigenvalue weighted by molar-refractivity contribution is -0.132. The largest absolute Gasteiger partial charge is 0.386 e. The average molecular weight is 358 g/mol. The molecule has 8 heteroatoms. The summed E-state index contributed by atoms with van der Waals surface area (Å²) >= 11 is 0. The molecule has 2 aromatic rings. The van der Waals surface area contributed by atoms with Crippen molar-refractivity contribution in [2.75, 3.05) is 31.6 Å². The maximum absolute atomic E-state index is 12.5. The minimum Gasteiger partial charge on any atom is -0.386 e. The Morgan fingerprint density at radius 3 is 2.85 bits per heavy atom. The van der Waals surface area contributed by atoms with Crippen LogP contribution in [0.3, 0.4) is 0 Å². The molecule has 0 unspecified atom stereocenters. The van der Waals surface area contributed by atoms with Gasteiger partial charge < -0.3 is 14.9 Å². The summed E-state index contributed by atoms with van der Waals surface area (Å²) in [5.41, 5.74) is 1.24. The first-order valence-corrected chi connectivity index (χ1v) is 8.83. The van der Waals surface area contributed by atoms with Crippen molar-refractivity contribution >= 4 is 11.7 Å². The topological polar surface area (TPSA) is 87.4 Å². The number of likely N-dealkylation sites (N-methyl/N-ethyl adjacent to an activating group) is 1. The fourth-order valence-electron chi connectivity index (χ4n) is 3.39. The molecule has 1 aliphatic heterocycles. The van der Waals surface area contributed by atoms with Crippen molar-refractivity contribution in [1.82, 2.24) is 24.6 Å². The number of aliphatic hydroxyl groups is 1. The maximum Gasteiger partial charge on any atom is 0.222 e. The van der Waals surface area contributed by atoms with Crippen LogP contribution in [0.4, 0.5) is 5.82 Å². The van der Waals surface area contributed by atoms with E-state index in [1.54, 1.807) is 30.5 Å². The molecule has 3 rings (SSSR count). The molecule has 1 aliphatic rings. The van der Waals surface area contributed by atoms with Gasteiger partial charge in [-0.3, -0.25) is 14.5 Å². The summed E-state index contributed by atoms with van der Waals surface area (Å²) in [6, 6.07) is 0. The summed E-state index contributed by atoms with van der Waals surface area (Å²) < 4.78 is 1.81. The molecule has 0 aromatic carbocycles. The zero-order valence-electron chi connectivity index (χ0n) is 15.6. The van der Waals surface area contributed by atoms with Gasteiger partial charge in [-0.25, -0.2) is 4.98 Å². The van der Waals surface area contributed by atoms with Gasteiger partial charge in [0.15, 0.2) is 0 Å². The highest BCUT2D eigenvalue weighted by atomic mass is 16.3. The lowest BCUT2D eigenvalue weighted by Gasteiger charge is -2.29. The number of carbonyl (C=O) groups is 1. The first-order valence-electron chi connectivity index (χ1n) is 8.83. The van der Waals surface area contributed by atoms with Gasteiger partial charge in [-0.05, 0) is 25.3 Å². The Labute approximate surface area is 153 Å². The zero-order valence-corrected chi connectivity index (χ0v) is 15.6. The monoisotopic (exact) mass is 358 g/mol. The van der Waals surface area contributed by atoms with Crippen LogP contribution in [0.5, 0.6) is 0 Å². The summed E-state index contributed by atoms with van der Waals surface area (Å²) in [4.78, 5) is 24.5. The molecule has 1 amide bonds. The van der Waals surface area contributed by atoms with E-state index in [1.807, 2.05) is 29.7 Å².